The summed E-state index contributed by atoms with van der Waals surface area (Å²) >= 11 is 0. The summed E-state index contributed by atoms with van der Waals surface area (Å²) in [6.45, 7) is 6.84. The minimum atomic E-state index is -0.319. The average Bonchev–Trinajstić information content (AvgIpc) is 2.34. The Morgan fingerprint density at radius 1 is 1.54 bits per heavy atom. The summed E-state index contributed by atoms with van der Waals surface area (Å²) in [6.07, 6.45) is -0.319. The predicted octanol–water partition coefficient (Wildman–Crippen LogP) is 0.762. The van der Waals surface area contributed by atoms with Crippen LogP contribution in [0.3, 0.4) is 0 Å². The van der Waals surface area contributed by atoms with Crippen molar-refractivity contribution in [2.75, 3.05) is 6.54 Å². The molecule has 1 aromatic heterocycles. The van der Waals surface area contributed by atoms with Gasteiger partial charge in [-0.15, -0.1) is 0 Å². The van der Waals surface area contributed by atoms with Gasteiger partial charge in [0.2, 0.25) is 0 Å². The highest BCUT2D eigenvalue weighted by Crippen LogP contribution is 2.11. The van der Waals surface area contributed by atoms with Crippen molar-refractivity contribution in [2.24, 2.45) is 0 Å². The second-order valence-electron chi connectivity index (χ2n) is 3.28. The summed E-state index contributed by atoms with van der Waals surface area (Å²) in [7, 11) is 0. The van der Waals surface area contributed by atoms with E-state index in [9.17, 15) is 0 Å². The van der Waals surface area contributed by atoms with Crippen LogP contribution in [0.15, 0.2) is 4.52 Å². The van der Waals surface area contributed by atoms with Crippen LogP contribution in [0.1, 0.15) is 23.9 Å². The molecule has 1 heterocycles. The number of aliphatic hydroxyl groups excluding tert-OH is 1. The van der Waals surface area contributed by atoms with E-state index in [0.717, 1.165) is 17.0 Å². The van der Waals surface area contributed by atoms with E-state index in [2.05, 4.69) is 10.5 Å². The summed E-state index contributed by atoms with van der Waals surface area (Å²) in [5, 5.41) is 16.0. The number of hydrogen-bond acceptors (Lipinski definition) is 4. The lowest BCUT2D eigenvalue weighted by Crippen LogP contribution is -2.24. The van der Waals surface area contributed by atoms with E-state index in [4.69, 9.17) is 9.63 Å². The maximum atomic E-state index is 9.02. The maximum Gasteiger partial charge on any atom is 0.138 e. The van der Waals surface area contributed by atoms with Crippen molar-refractivity contribution in [2.45, 2.75) is 33.4 Å². The Balaban J connectivity index is 2.44. The van der Waals surface area contributed by atoms with E-state index < -0.39 is 0 Å². The summed E-state index contributed by atoms with van der Waals surface area (Å²) in [6, 6.07) is 0. The fourth-order valence-electron chi connectivity index (χ4n) is 1.16. The number of rotatable bonds is 4. The molecule has 1 aromatic rings. The van der Waals surface area contributed by atoms with Crippen LogP contribution in [0.5, 0.6) is 0 Å². The van der Waals surface area contributed by atoms with Gasteiger partial charge >= 0.3 is 0 Å². The van der Waals surface area contributed by atoms with E-state index in [1.165, 1.54) is 0 Å². The summed E-state index contributed by atoms with van der Waals surface area (Å²) in [4.78, 5) is 0. The molecule has 0 spiro atoms. The van der Waals surface area contributed by atoms with Crippen molar-refractivity contribution < 1.29 is 9.63 Å². The van der Waals surface area contributed by atoms with Gasteiger partial charge in [-0.05, 0) is 20.8 Å². The minimum Gasteiger partial charge on any atom is -0.392 e. The zero-order valence-electron chi connectivity index (χ0n) is 8.29. The number of nitrogens with one attached hydrogen (secondary N) is 1. The zero-order chi connectivity index (χ0) is 9.84. The third-order valence-corrected chi connectivity index (χ3v) is 1.92. The zero-order valence-corrected chi connectivity index (χ0v) is 8.29. The van der Waals surface area contributed by atoms with E-state index in [0.29, 0.717) is 13.1 Å². The van der Waals surface area contributed by atoms with Crippen LogP contribution in [0, 0.1) is 13.8 Å². The van der Waals surface area contributed by atoms with Crippen LogP contribution in [0.4, 0.5) is 0 Å². The Morgan fingerprint density at radius 2 is 2.23 bits per heavy atom. The largest absolute Gasteiger partial charge is 0.392 e. The predicted molar refractivity (Wildman–Crippen MR) is 49.4 cm³/mol. The fourth-order valence-corrected chi connectivity index (χ4v) is 1.16. The van der Waals surface area contributed by atoms with E-state index in [1.807, 2.05) is 13.8 Å². The van der Waals surface area contributed by atoms with Crippen LogP contribution < -0.4 is 5.32 Å². The highest BCUT2D eigenvalue weighted by atomic mass is 16.5. The first kappa shape index (κ1) is 10.2. The van der Waals surface area contributed by atoms with Gasteiger partial charge in [0.1, 0.15) is 5.76 Å². The first-order valence-electron chi connectivity index (χ1n) is 4.41. The number of nitrogens with zero attached hydrogens (tertiary/aromatic N) is 1. The highest BCUT2D eigenvalue weighted by molar-refractivity contribution is 5.20. The van der Waals surface area contributed by atoms with Crippen LogP contribution in [-0.2, 0) is 6.54 Å². The first-order chi connectivity index (χ1) is 6.11. The second-order valence-corrected chi connectivity index (χ2v) is 3.28. The molecule has 0 fully saturated rings. The Bertz CT molecular complexity index is 249. The SMILES string of the molecule is Cc1noc(C)c1CNC[C@@H](C)O. The molecule has 0 aliphatic rings. The fraction of sp³-hybridized carbons (Fsp3) is 0.667. The molecule has 0 aliphatic carbocycles. The van der Waals surface area contributed by atoms with Crippen LogP contribution in [-0.4, -0.2) is 22.9 Å². The van der Waals surface area contributed by atoms with Gasteiger partial charge in [0.15, 0.2) is 0 Å². The first-order valence-corrected chi connectivity index (χ1v) is 4.41. The molecule has 4 nitrogen and oxygen atoms in total. The quantitative estimate of drug-likeness (QED) is 0.725. The number of hydrogen-bond donors (Lipinski definition) is 2. The smallest absolute Gasteiger partial charge is 0.138 e. The van der Waals surface area contributed by atoms with E-state index in [-0.39, 0.29) is 6.10 Å². The summed E-state index contributed by atoms with van der Waals surface area (Å²) in [5.41, 5.74) is 2.00. The number of aryl methyl sites for hydroxylation is 2. The lowest BCUT2D eigenvalue weighted by molar-refractivity contribution is 0.191. The Morgan fingerprint density at radius 3 is 2.69 bits per heavy atom. The van der Waals surface area contributed by atoms with Gasteiger partial charge in [-0.3, -0.25) is 0 Å². The molecule has 2 N–H and O–H groups in total. The molecule has 0 bridgehead atoms. The van der Waals surface area contributed by atoms with Gasteiger partial charge in [-0.25, -0.2) is 0 Å². The van der Waals surface area contributed by atoms with Crippen molar-refractivity contribution in [1.29, 1.82) is 0 Å². The molecule has 13 heavy (non-hydrogen) atoms. The molecule has 0 radical (unpaired) electrons. The van der Waals surface area contributed by atoms with Crippen molar-refractivity contribution in [3.63, 3.8) is 0 Å². The Labute approximate surface area is 77.9 Å². The van der Waals surface area contributed by atoms with Gasteiger partial charge in [0.25, 0.3) is 0 Å². The molecule has 0 unspecified atom stereocenters. The molecular formula is C9H16N2O2. The molecule has 0 amide bonds. The summed E-state index contributed by atoms with van der Waals surface area (Å²) in [5.74, 6) is 0.843. The van der Waals surface area contributed by atoms with Crippen LogP contribution >= 0.6 is 0 Å². The Hall–Kier alpha value is -0.870. The number of aliphatic hydroxyl groups is 1. The summed E-state index contributed by atoms with van der Waals surface area (Å²) < 4.78 is 5.00. The third-order valence-electron chi connectivity index (χ3n) is 1.92. The molecule has 0 aliphatic heterocycles. The average molecular weight is 184 g/mol. The van der Waals surface area contributed by atoms with Crippen molar-refractivity contribution >= 4 is 0 Å². The van der Waals surface area contributed by atoms with Gasteiger partial charge < -0.3 is 14.9 Å². The van der Waals surface area contributed by atoms with Crippen molar-refractivity contribution in [1.82, 2.24) is 10.5 Å². The van der Waals surface area contributed by atoms with Gasteiger partial charge in [-0.2, -0.15) is 0 Å². The van der Waals surface area contributed by atoms with Crippen LogP contribution in [0.25, 0.3) is 0 Å². The van der Waals surface area contributed by atoms with Crippen LogP contribution in [0.2, 0.25) is 0 Å². The third kappa shape index (κ3) is 2.82. The molecule has 0 saturated heterocycles. The lowest BCUT2D eigenvalue weighted by atomic mass is 10.2. The highest BCUT2D eigenvalue weighted by Gasteiger charge is 2.07. The van der Waals surface area contributed by atoms with Gasteiger partial charge in [0.05, 0.1) is 11.8 Å². The number of aromatic nitrogens is 1. The molecule has 1 atom stereocenters. The van der Waals surface area contributed by atoms with Gasteiger partial charge in [0, 0.05) is 18.7 Å². The molecular weight excluding hydrogens is 168 g/mol. The van der Waals surface area contributed by atoms with E-state index in [1.54, 1.807) is 6.92 Å². The monoisotopic (exact) mass is 184 g/mol. The van der Waals surface area contributed by atoms with E-state index >= 15 is 0 Å². The van der Waals surface area contributed by atoms with Crippen molar-refractivity contribution in [3.8, 4) is 0 Å². The molecule has 0 saturated carbocycles. The molecule has 74 valence electrons. The topological polar surface area (TPSA) is 58.3 Å². The van der Waals surface area contributed by atoms with Gasteiger partial charge in [-0.1, -0.05) is 5.16 Å². The Kier molecular flexibility index (Phi) is 3.45. The van der Waals surface area contributed by atoms with Crippen molar-refractivity contribution in [3.05, 3.63) is 17.0 Å². The lowest BCUT2D eigenvalue weighted by Gasteiger charge is -2.05. The standard InChI is InChI=1S/C9H16N2O2/c1-6(12)4-10-5-9-7(2)11-13-8(9)3/h6,10,12H,4-5H2,1-3H3/t6-/m1/s1. The maximum absolute atomic E-state index is 9.02. The minimum absolute atomic E-state index is 0.319. The molecule has 0 aromatic carbocycles. The molecule has 1 rings (SSSR count). The molecule has 4 heteroatoms. The second kappa shape index (κ2) is 4.39. The normalized spacial score (nSPS) is 13.2.